The molecule has 7 nitrogen and oxygen atoms in total. The third-order valence-electron chi connectivity index (χ3n) is 1.48. The Labute approximate surface area is 182 Å². The van der Waals surface area contributed by atoms with Crippen LogP contribution >= 0.6 is 0 Å². The van der Waals surface area contributed by atoms with Gasteiger partial charge in [-0.3, -0.25) is 0 Å². The molecule has 0 aromatic carbocycles. The van der Waals surface area contributed by atoms with E-state index in [9.17, 15) is 14.7 Å². The monoisotopic (exact) mass is 302 g/mol. The van der Waals surface area contributed by atoms with Gasteiger partial charge in [-0.15, -0.1) is 0 Å². The van der Waals surface area contributed by atoms with Gasteiger partial charge >= 0.3 is 103 Å². The zero-order chi connectivity index (χ0) is 11.5. The van der Waals surface area contributed by atoms with Gasteiger partial charge in [-0.2, -0.15) is 0 Å². The Bertz CT molecular complexity index is 215. The number of rotatable bonds is 5. The first-order valence-electron chi connectivity index (χ1n) is 3.43. The number of carbonyl (C=O) groups excluding carboxylic acids is 2. The summed E-state index contributed by atoms with van der Waals surface area (Å²) in [5.41, 5.74) is 0. The van der Waals surface area contributed by atoms with Crippen molar-refractivity contribution in [3.05, 3.63) is 0 Å². The standard InChI is InChI=1S/C6H10O7S.2K/c7-1(3(9)5(11)12)2(8)4(10)6(13)14;;/h1-4,7-10H,(H,11,12)(H,13,14);;/q;2*+1/p-2/t1-,2-,3-,4+;;/m0../s1. The van der Waals surface area contributed by atoms with Crippen molar-refractivity contribution in [3.8, 4) is 0 Å². The third-order valence-corrected chi connectivity index (χ3v) is 1.72. The molecule has 0 aromatic rings. The first-order chi connectivity index (χ1) is 6.29. The molecule has 0 saturated heterocycles. The smallest absolute Gasteiger partial charge is 0.739 e. The van der Waals surface area contributed by atoms with Crippen LogP contribution in [0.5, 0.6) is 0 Å². The summed E-state index contributed by atoms with van der Waals surface area (Å²) < 4.78 is 0. The fraction of sp³-hybridized carbons (Fsp3) is 0.667. The van der Waals surface area contributed by atoms with E-state index in [4.69, 9.17) is 20.4 Å². The van der Waals surface area contributed by atoms with Gasteiger partial charge in [0.25, 0.3) is 0 Å². The molecule has 0 aliphatic carbocycles. The van der Waals surface area contributed by atoms with E-state index in [0.717, 1.165) is 0 Å². The van der Waals surface area contributed by atoms with Gasteiger partial charge < -0.3 is 47.8 Å². The molecule has 0 fully saturated rings. The summed E-state index contributed by atoms with van der Waals surface area (Å²) in [5, 5.41) is 44.0. The van der Waals surface area contributed by atoms with Crippen LogP contribution in [0.15, 0.2) is 0 Å². The SMILES string of the molecule is O=C([O-])[C@@H](O)[C@@H](O)[C@H](O)[C@@H](O)C(=O)[S-].[K+].[K+]. The van der Waals surface area contributed by atoms with Gasteiger partial charge in [0.05, 0.1) is 5.97 Å². The zero-order valence-corrected chi connectivity index (χ0v) is 15.8. The minimum absolute atomic E-state index is 0. The predicted molar refractivity (Wildman–Crippen MR) is 41.4 cm³/mol. The van der Waals surface area contributed by atoms with Gasteiger partial charge in [0, 0.05) is 5.12 Å². The fourth-order valence-electron chi connectivity index (χ4n) is 0.652. The number of carboxylic acid groups (broad SMARTS) is 1. The molecule has 0 radical (unpaired) electrons. The van der Waals surface area contributed by atoms with Gasteiger partial charge in [0.15, 0.2) is 0 Å². The Morgan fingerprint density at radius 3 is 1.50 bits per heavy atom. The van der Waals surface area contributed by atoms with E-state index in [2.05, 4.69) is 12.6 Å². The number of aliphatic carboxylic acids is 1. The van der Waals surface area contributed by atoms with Crippen LogP contribution in [-0.4, -0.2) is 55.9 Å². The topological polar surface area (TPSA) is 138 Å². The van der Waals surface area contributed by atoms with Crippen LogP contribution in [0.2, 0.25) is 0 Å². The van der Waals surface area contributed by atoms with Gasteiger partial charge in [-0.1, -0.05) is 0 Å². The number of aliphatic hydroxyl groups excluding tert-OH is 4. The normalized spacial score (nSPS) is 17.0. The first kappa shape index (κ1) is 23.6. The van der Waals surface area contributed by atoms with Crippen molar-refractivity contribution < 1.29 is 138 Å². The quantitative estimate of drug-likeness (QED) is 0.290. The molecule has 0 bridgehead atoms. The molecule has 0 saturated carbocycles. The van der Waals surface area contributed by atoms with Crippen molar-refractivity contribution in [1.29, 1.82) is 0 Å². The Balaban J connectivity index is -0.000000845. The van der Waals surface area contributed by atoms with E-state index in [1.807, 2.05) is 0 Å². The van der Waals surface area contributed by atoms with E-state index < -0.39 is 35.5 Å². The molecular formula is C6H8K2O7S. The number of carbonyl (C=O) groups is 2. The molecular weight excluding hydrogens is 294 g/mol. The van der Waals surface area contributed by atoms with Crippen molar-refractivity contribution in [3.63, 3.8) is 0 Å². The average Bonchev–Trinajstić information content (AvgIpc) is 2.12. The number of hydrogen-bond acceptors (Lipinski definition) is 8. The van der Waals surface area contributed by atoms with Crippen LogP contribution in [0.3, 0.4) is 0 Å². The average molecular weight is 302 g/mol. The van der Waals surface area contributed by atoms with Gasteiger partial charge in [0.2, 0.25) is 0 Å². The molecule has 0 aromatic heterocycles. The second-order valence-electron chi connectivity index (χ2n) is 2.51. The maximum absolute atomic E-state index is 10.3. The molecule has 10 heteroatoms. The number of aliphatic hydroxyl groups is 4. The summed E-state index contributed by atoms with van der Waals surface area (Å²) in [6, 6.07) is 0. The summed E-state index contributed by atoms with van der Waals surface area (Å²) in [6.07, 6.45) is -8.96. The van der Waals surface area contributed by atoms with E-state index in [1.165, 1.54) is 0 Å². The van der Waals surface area contributed by atoms with Gasteiger partial charge in [-0.05, 0) is 0 Å². The van der Waals surface area contributed by atoms with E-state index >= 15 is 0 Å². The van der Waals surface area contributed by atoms with Crippen molar-refractivity contribution in [2.24, 2.45) is 0 Å². The summed E-state index contributed by atoms with van der Waals surface area (Å²) in [7, 11) is 0. The molecule has 4 N–H and O–H groups in total. The summed E-state index contributed by atoms with van der Waals surface area (Å²) in [4.78, 5) is 20.3. The van der Waals surface area contributed by atoms with Crippen molar-refractivity contribution in [2.45, 2.75) is 24.4 Å². The summed E-state index contributed by atoms with van der Waals surface area (Å²) in [5.74, 6) is -2.04. The Morgan fingerprint density at radius 1 is 0.938 bits per heavy atom. The zero-order valence-electron chi connectivity index (χ0n) is 8.73. The molecule has 0 heterocycles. The van der Waals surface area contributed by atoms with Gasteiger partial charge in [-0.25, -0.2) is 0 Å². The van der Waals surface area contributed by atoms with Crippen LogP contribution in [0.1, 0.15) is 0 Å². The molecule has 0 aliphatic heterocycles. The molecule has 0 rings (SSSR count). The van der Waals surface area contributed by atoms with Crippen LogP contribution in [0.4, 0.5) is 0 Å². The van der Waals surface area contributed by atoms with Crippen molar-refractivity contribution in [1.82, 2.24) is 0 Å². The third kappa shape index (κ3) is 7.81. The largest absolute Gasteiger partial charge is 1.00 e. The number of hydrogen-bond donors (Lipinski definition) is 4. The Morgan fingerprint density at radius 2 is 1.25 bits per heavy atom. The maximum atomic E-state index is 10.3. The molecule has 0 unspecified atom stereocenters. The molecule has 82 valence electrons. The molecule has 0 aliphatic rings. The van der Waals surface area contributed by atoms with E-state index in [0.29, 0.717) is 0 Å². The predicted octanol–water partition coefficient (Wildman–Crippen LogP) is -10.7. The summed E-state index contributed by atoms with van der Waals surface area (Å²) in [6.45, 7) is 0. The van der Waals surface area contributed by atoms with Crippen LogP contribution in [0.25, 0.3) is 0 Å². The van der Waals surface area contributed by atoms with Crippen LogP contribution in [0, 0.1) is 0 Å². The molecule has 0 amide bonds. The Kier molecular flexibility index (Phi) is 16.7. The molecule has 16 heavy (non-hydrogen) atoms. The van der Waals surface area contributed by atoms with Gasteiger partial charge in [0.1, 0.15) is 24.4 Å². The first-order valence-corrected chi connectivity index (χ1v) is 3.83. The van der Waals surface area contributed by atoms with E-state index in [-0.39, 0.29) is 103 Å². The van der Waals surface area contributed by atoms with E-state index in [1.54, 1.807) is 0 Å². The van der Waals surface area contributed by atoms with Crippen LogP contribution in [-0.2, 0) is 22.2 Å². The summed E-state index contributed by atoms with van der Waals surface area (Å²) >= 11 is 3.94. The van der Waals surface area contributed by atoms with Crippen molar-refractivity contribution >= 4 is 23.7 Å². The maximum Gasteiger partial charge on any atom is 1.00 e. The minimum Gasteiger partial charge on any atom is -0.739 e. The van der Waals surface area contributed by atoms with Crippen molar-refractivity contribution in [2.75, 3.05) is 0 Å². The Hall–Kier alpha value is 2.47. The number of carboxylic acids is 1. The second-order valence-corrected chi connectivity index (χ2v) is 2.91. The molecule has 0 spiro atoms. The second kappa shape index (κ2) is 11.3. The minimum atomic E-state index is -2.41. The fourth-order valence-corrected chi connectivity index (χ4v) is 0.792. The molecule has 4 atom stereocenters. The van der Waals surface area contributed by atoms with Crippen LogP contribution < -0.4 is 108 Å².